The zero-order valence-corrected chi connectivity index (χ0v) is 11.6. The number of amides is 1. The number of halogens is 2. The molecule has 92 valence electrons. The van der Waals surface area contributed by atoms with Gasteiger partial charge >= 0.3 is 5.97 Å². The van der Waals surface area contributed by atoms with Gasteiger partial charge in [-0.05, 0) is 41.1 Å². The SMILES string of the molecule is COC(=O)[C@@H](C)NC(=O)c1ccc(Cl)cc1Br. The molecular formula is C11H11BrClNO3. The molecule has 0 saturated heterocycles. The van der Waals surface area contributed by atoms with Gasteiger partial charge in [0.25, 0.3) is 5.91 Å². The van der Waals surface area contributed by atoms with Crippen LogP contribution in [0.4, 0.5) is 0 Å². The molecule has 4 nitrogen and oxygen atoms in total. The van der Waals surface area contributed by atoms with Crippen LogP contribution in [0.15, 0.2) is 22.7 Å². The summed E-state index contributed by atoms with van der Waals surface area (Å²) in [4.78, 5) is 23.0. The van der Waals surface area contributed by atoms with E-state index < -0.39 is 12.0 Å². The Kier molecular flexibility index (Phi) is 4.96. The summed E-state index contributed by atoms with van der Waals surface area (Å²) in [7, 11) is 1.27. The Morgan fingerprint density at radius 3 is 2.65 bits per heavy atom. The Labute approximate surface area is 112 Å². The second-order valence-corrected chi connectivity index (χ2v) is 4.63. The van der Waals surface area contributed by atoms with Gasteiger partial charge in [0, 0.05) is 9.50 Å². The fourth-order valence-corrected chi connectivity index (χ4v) is 2.05. The molecule has 1 atom stereocenters. The molecule has 0 aromatic heterocycles. The molecule has 0 aliphatic carbocycles. The predicted octanol–water partition coefficient (Wildman–Crippen LogP) is 2.39. The van der Waals surface area contributed by atoms with E-state index in [9.17, 15) is 9.59 Å². The van der Waals surface area contributed by atoms with E-state index in [1.54, 1.807) is 25.1 Å². The van der Waals surface area contributed by atoms with Crippen LogP contribution in [-0.2, 0) is 9.53 Å². The molecule has 17 heavy (non-hydrogen) atoms. The molecule has 0 aliphatic rings. The number of benzene rings is 1. The second kappa shape index (κ2) is 6.02. The number of hydrogen-bond donors (Lipinski definition) is 1. The van der Waals surface area contributed by atoms with Gasteiger partial charge in [-0.2, -0.15) is 0 Å². The first-order chi connectivity index (χ1) is 7.95. The summed E-state index contributed by atoms with van der Waals surface area (Å²) in [6.07, 6.45) is 0. The number of methoxy groups -OCH3 is 1. The lowest BCUT2D eigenvalue weighted by Gasteiger charge is -2.12. The lowest BCUT2D eigenvalue weighted by atomic mass is 10.2. The van der Waals surface area contributed by atoms with Gasteiger partial charge in [0.2, 0.25) is 0 Å². The smallest absolute Gasteiger partial charge is 0.328 e. The summed E-state index contributed by atoms with van der Waals surface area (Å²) in [5.74, 6) is -0.866. The third-order valence-corrected chi connectivity index (χ3v) is 2.97. The maximum absolute atomic E-state index is 11.8. The van der Waals surface area contributed by atoms with Gasteiger partial charge in [0.1, 0.15) is 6.04 Å². The Hall–Kier alpha value is -1.07. The lowest BCUT2D eigenvalue weighted by molar-refractivity contribution is -0.142. The minimum absolute atomic E-state index is 0.369. The summed E-state index contributed by atoms with van der Waals surface area (Å²) >= 11 is 8.99. The molecule has 0 fully saturated rings. The van der Waals surface area contributed by atoms with Crippen LogP contribution in [0.2, 0.25) is 5.02 Å². The Morgan fingerprint density at radius 2 is 2.12 bits per heavy atom. The van der Waals surface area contributed by atoms with Gasteiger partial charge in [-0.25, -0.2) is 4.79 Å². The van der Waals surface area contributed by atoms with Crippen molar-refractivity contribution in [2.45, 2.75) is 13.0 Å². The third kappa shape index (κ3) is 3.71. The lowest BCUT2D eigenvalue weighted by Crippen LogP contribution is -2.39. The standard InChI is InChI=1S/C11H11BrClNO3/c1-6(11(16)17-2)14-10(15)8-4-3-7(13)5-9(8)12/h3-6H,1-2H3,(H,14,15)/t6-/m1/s1. The van der Waals surface area contributed by atoms with Crippen LogP contribution >= 0.6 is 27.5 Å². The van der Waals surface area contributed by atoms with Crippen molar-refractivity contribution in [2.24, 2.45) is 0 Å². The van der Waals surface area contributed by atoms with E-state index in [2.05, 4.69) is 26.0 Å². The zero-order chi connectivity index (χ0) is 13.0. The molecule has 1 aromatic rings. The zero-order valence-electron chi connectivity index (χ0n) is 9.29. The van der Waals surface area contributed by atoms with E-state index >= 15 is 0 Å². The number of esters is 1. The predicted molar refractivity (Wildman–Crippen MR) is 68.1 cm³/mol. The van der Waals surface area contributed by atoms with Crippen LogP contribution < -0.4 is 5.32 Å². The van der Waals surface area contributed by atoms with Crippen LogP contribution in [0.25, 0.3) is 0 Å². The van der Waals surface area contributed by atoms with E-state index in [1.165, 1.54) is 7.11 Å². The van der Waals surface area contributed by atoms with Crippen LogP contribution in [0.1, 0.15) is 17.3 Å². The Bertz CT molecular complexity index is 450. The molecule has 0 aliphatic heterocycles. The molecule has 0 heterocycles. The van der Waals surface area contributed by atoms with Gasteiger partial charge in [0.15, 0.2) is 0 Å². The molecule has 1 rings (SSSR count). The average molecular weight is 321 g/mol. The van der Waals surface area contributed by atoms with Crippen molar-refractivity contribution in [1.82, 2.24) is 5.32 Å². The van der Waals surface area contributed by atoms with Gasteiger partial charge in [-0.3, -0.25) is 4.79 Å². The first-order valence-corrected chi connectivity index (χ1v) is 5.96. The van der Waals surface area contributed by atoms with Gasteiger partial charge in [-0.1, -0.05) is 11.6 Å². The van der Waals surface area contributed by atoms with Crippen molar-refractivity contribution in [3.05, 3.63) is 33.3 Å². The largest absolute Gasteiger partial charge is 0.467 e. The van der Waals surface area contributed by atoms with E-state index in [1.807, 2.05) is 0 Å². The fraction of sp³-hybridized carbons (Fsp3) is 0.273. The highest BCUT2D eigenvalue weighted by atomic mass is 79.9. The first-order valence-electron chi connectivity index (χ1n) is 4.79. The number of hydrogen-bond acceptors (Lipinski definition) is 3. The van der Waals surface area contributed by atoms with Crippen molar-refractivity contribution < 1.29 is 14.3 Å². The monoisotopic (exact) mass is 319 g/mol. The average Bonchev–Trinajstić information content (AvgIpc) is 2.27. The van der Waals surface area contributed by atoms with Crippen LogP contribution in [0.3, 0.4) is 0 Å². The maximum Gasteiger partial charge on any atom is 0.328 e. The minimum atomic E-state index is -0.699. The molecular weight excluding hydrogens is 309 g/mol. The number of rotatable bonds is 3. The van der Waals surface area contributed by atoms with E-state index in [0.717, 1.165) is 0 Å². The third-order valence-electron chi connectivity index (χ3n) is 2.08. The fourth-order valence-electron chi connectivity index (χ4n) is 1.18. The van der Waals surface area contributed by atoms with Crippen molar-refractivity contribution in [3.63, 3.8) is 0 Å². The highest BCUT2D eigenvalue weighted by molar-refractivity contribution is 9.10. The molecule has 1 aromatic carbocycles. The summed E-state index contributed by atoms with van der Waals surface area (Å²) in [6, 6.07) is 4.09. The van der Waals surface area contributed by atoms with Gasteiger partial charge in [-0.15, -0.1) is 0 Å². The number of ether oxygens (including phenoxy) is 1. The molecule has 0 unspecified atom stereocenters. The van der Waals surface area contributed by atoms with Crippen LogP contribution in [0.5, 0.6) is 0 Å². The summed E-state index contributed by atoms with van der Waals surface area (Å²) in [5, 5.41) is 3.04. The molecule has 0 radical (unpaired) electrons. The van der Waals surface area contributed by atoms with Gasteiger partial charge < -0.3 is 10.1 Å². The summed E-state index contributed by atoms with van der Waals surface area (Å²) < 4.78 is 5.08. The van der Waals surface area contributed by atoms with E-state index in [4.69, 9.17) is 11.6 Å². The second-order valence-electron chi connectivity index (χ2n) is 3.34. The molecule has 1 N–H and O–H groups in total. The molecule has 0 bridgehead atoms. The topological polar surface area (TPSA) is 55.4 Å². The van der Waals surface area contributed by atoms with Crippen molar-refractivity contribution >= 4 is 39.4 Å². The molecule has 1 amide bonds. The highest BCUT2D eigenvalue weighted by Crippen LogP contribution is 2.21. The Balaban J connectivity index is 2.80. The molecule has 0 saturated carbocycles. The molecule has 6 heteroatoms. The highest BCUT2D eigenvalue weighted by Gasteiger charge is 2.18. The summed E-state index contributed by atoms with van der Waals surface area (Å²) in [6.45, 7) is 1.55. The van der Waals surface area contributed by atoms with E-state index in [-0.39, 0.29) is 5.91 Å². The van der Waals surface area contributed by atoms with E-state index in [0.29, 0.717) is 15.1 Å². The maximum atomic E-state index is 11.8. The number of carbonyl (C=O) groups excluding carboxylic acids is 2. The first kappa shape index (κ1) is 14.0. The Morgan fingerprint density at radius 1 is 1.47 bits per heavy atom. The van der Waals surface area contributed by atoms with Crippen LogP contribution in [-0.4, -0.2) is 25.0 Å². The van der Waals surface area contributed by atoms with Crippen LogP contribution in [0, 0.1) is 0 Å². The number of carbonyl (C=O) groups is 2. The van der Waals surface area contributed by atoms with Gasteiger partial charge in [0.05, 0.1) is 12.7 Å². The van der Waals surface area contributed by atoms with Crippen molar-refractivity contribution in [3.8, 4) is 0 Å². The number of nitrogens with one attached hydrogen (secondary N) is 1. The normalized spacial score (nSPS) is 11.8. The molecule has 0 spiro atoms. The minimum Gasteiger partial charge on any atom is -0.467 e. The quantitative estimate of drug-likeness (QED) is 0.870. The summed E-state index contributed by atoms with van der Waals surface area (Å²) in [5.41, 5.74) is 0.408. The van der Waals surface area contributed by atoms with Crippen molar-refractivity contribution in [2.75, 3.05) is 7.11 Å². The van der Waals surface area contributed by atoms with Crippen molar-refractivity contribution in [1.29, 1.82) is 0 Å².